The van der Waals surface area contributed by atoms with E-state index in [-0.39, 0.29) is 30.1 Å². The quantitative estimate of drug-likeness (QED) is 0.545. The minimum Gasteiger partial charge on any atom is -0.383 e. The lowest BCUT2D eigenvalue weighted by Gasteiger charge is -2.22. The molecule has 7 heteroatoms. The summed E-state index contributed by atoms with van der Waals surface area (Å²) < 4.78 is 4.94. The van der Waals surface area contributed by atoms with E-state index < -0.39 is 6.04 Å². The summed E-state index contributed by atoms with van der Waals surface area (Å²) in [6.45, 7) is 8.25. The molecule has 6 nitrogen and oxygen atoms in total. The summed E-state index contributed by atoms with van der Waals surface area (Å²) in [6.07, 6.45) is 0. The third-order valence-corrected chi connectivity index (χ3v) is 3.71. The molecule has 0 heterocycles. The number of benzene rings is 1. The van der Waals surface area contributed by atoms with Gasteiger partial charge < -0.3 is 20.7 Å². The lowest BCUT2D eigenvalue weighted by Crippen LogP contribution is -2.50. The lowest BCUT2D eigenvalue weighted by molar-refractivity contribution is -0.123. The largest absolute Gasteiger partial charge is 0.383 e. The number of hydrogen-bond donors (Lipinski definition) is 3. The first-order chi connectivity index (χ1) is 11.5. The molecule has 0 aromatic heterocycles. The molecular formula is C18H30ClN3O3. The molecule has 142 valence electrons. The Morgan fingerprint density at radius 3 is 2.40 bits per heavy atom. The molecule has 25 heavy (non-hydrogen) atoms. The second-order valence-corrected chi connectivity index (χ2v) is 6.04. The Balaban J connectivity index is 0.00000576. The molecule has 0 saturated carbocycles. The highest BCUT2D eigenvalue weighted by atomic mass is 35.5. The Labute approximate surface area is 156 Å². The zero-order valence-electron chi connectivity index (χ0n) is 15.4. The average Bonchev–Trinajstić information content (AvgIpc) is 2.55. The highest BCUT2D eigenvalue weighted by Crippen LogP contribution is 2.09. The second kappa shape index (κ2) is 12.7. The van der Waals surface area contributed by atoms with Crippen LogP contribution in [-0.4, -0.2) is 51.2 Å². The van der Waals surface area contributed by atoms with Gasteiger partial charge in [0.05, 0.1) is 6.61 Å². The second-order valence-electron chi connectivity index (χ2n) is 6.04. The number of carbonyl (C=O) groups is 2. The number of rotatable bonds is 10. The average molecular weight is 372 g/mol. The molecule has 0 aliphatic carbocycles. The Hall–Kier alpha value is -1.63. The topological polar surface area (TPSA) is 79.5 Å². The van der Waals surface area contributed by atoms with Crippen molar-refractivity contribution in [1.29, 1.82) is 0 Å². The van der Waals surface area contributed by atoms with E-state index >= 15 is 0 Å². The number of halogens is 1. The van der Waals surface area contributed by atoms with Crippen LogP contribution in [0.15, 0.2) is 24.3 Å². The first-order valence-corrected chi connectivity index (χ1v) is 8.31. The van der Waals surface area contributed by atoms with Crippen LogP contribution >= 0.6 is 12.4 Å². The van der Waals surface area contributed by atoms with Gasteiger partial charge in [-0.05, 0) is 24.5 Å². The van der Waals surface area contributed by atoms with Crippen LogP contribution in [0.4, 0.5) is 0 Å². The zero-order chi connectivity index (χ0) is 17.9. The van der Waals surface area contributed by atoms with Crippen LogP contribution in [-0.2, 0) is 9.53 Å². The number of ether oxygens (including phenoxy) is 1. The summed E-state index contributed by atoms with van der Waals surface area (Å²) in [7, 11) is 1.65. The van der Waals surface area contributed by atoms with Gasteiger partial charge in [0.15, 0.2) is 0 Å². The minimum absolute atomic E-state index is 0. The molecule has 2 amide bonds. The van der Waals surface area contributed by atoms with Crippen LogP contribution in [0.1, 0.15) is 29.8 Å². The normalized spacial score (nSPS) is 11.6. The molecule has 0 saturated heterocycles. The molecule has 1 atom stereocenters. The summed E-state index contributed by atoms with van der Waals surface area (Å²) in [5.74, 6) is -0.389. The number of amides is 2. The van der Waals surface area contributed by atoms with Crippen molar-refractivity contribution in [3.8, 4) is 0 Å². The lowest BCUT2D eigenvalue weighted by atomic mass is 10.0. The predicted octanol–water partition coefficient (Wildman–Crippen LogP) is 1.52. The van der Waals surface area contributed by atoms with Gasteiger partial charge in [0.2, 0.25) is 5.91 Å². The van der Waals surface area contributed by atoms with Gasteiger partial charge in [0.1, 0.15) is 6.04 Å². The molecular weight excluding hydrogens is 342 g/mol. The monoisotopic (exact) mass is 371 g/mol. The highest BCUT2D eigenvalue weighted by Gasteiger charge is 2.24. The van der Waals surface area contributed by atoms with Crippen molar-refractivity contribution in [3.05, 3.63) is 35.4 Å². The molecule has 0 spiro atoms. The fourth-order valence-electron chi connectivity index (χ4n) is 2.26. The summed E-state index contributed by atoms with van der Waals surface area (Å²) in [4.78, 5) is 24.8. The van der Waals surface area contributed by atoms with Gasteiger partial charge in [-0.25, -0.2) is 0 Å². The Bertz CT molecular complexity index is 538. The van der Waals surface area contributed by atoms with Gasteiger partial charge in [-0.15, -0.1) is 12.4 Å². The third-order valence-electron chi connectivity index (χ3n) is 3.71. The summed E-state index contributed by atoms with van der Waals surface area (Å²) in [5.41, 5.74) is 1.48. The molecule has 1 unspecified atom stereocenters. The fraction of sp³-hybridized carbons (Fsp3) is 0.556. The van der Waals surface area contributed by atoms with Crippen LogP contribution in [0.5, 0.6) is 0 Å². The van der Waals surface area contributed by atoms with E-state index in [4.69, 9.17) is 4.74 Å². The maximum absolute atomic E-state index is 12.4. The van der Waals surface area contributed by atoms with Crippen LogP contribution in [0.25, 0.3) is 0 Å². The van der Waals surface area contributed by atoms with E-state index in [1.165, 1.54) is 0 Å². The van der Waals surface area contributed by atoms with Crippen LogP contribution < -0.4 is 16.0 Å². The molecule has 0 aliphatic heterocycles. The van der Waals surface area contributed by atoms with Gasteiger partial charge >= 0.3 is 0 Å². The van der Waals surface area contributed by atoms with Gasteiger partial charge in [0.25, 0.3) is 5.91 Å². The summed E-state index contributed by atoms with van der Waals surface area (Å²) >= 11 is 0. The molecule has 0 bridgehead atoms. The maximum Gasteiger partial charge on any atom is 0.252 e. The molecule has 3 N–H and O–H groups in total. The van der Waals surface area contributed by atoms with Crippen LogP contribution in [0.3, 0.4) is 0 Å². The number of hydrogen-bond acceptors (Lipinski definition) is 4. The number of carbonyl (C=O) groups excluding carboxylic acids is 2. The Morgan fingerprint density at radius 1 is 1.12 bits per heavy atom. The fourth-order valence-corrected chi connectivity index (χ4v) is 2.26. The van der Waals surface area contributed by atoms with Crippen LogP contribution in [0.2, 0.25) is 0 Å². The van der Waals surface area contributed by atoms with E-state index in [2.05, 4.69) is 16.0 Å². The van der Waals surface area contributed by atoms with E-state index in [0.29, 0.717) is 25.3 Å². The van der Waals surface area contributed by atoms with Gasteiger partial charge in [-0.1, -0.05) is 32.0 Å². The molecule has 1 aromatic rings. The van der Waals surface area contributed by atoms with E-state index in [1.807, 2.05) is 39.0 Å². The summed E-state index contributed by atoms with van der Waals surface area (Å²) in [6, 6.07) is 6.79. The van der Waals surface area contributed by atoms with Crippen molar-refractivity contribution >= 4 is 24.2 Å². The van der Waals surface area contributed by atoms with Crippen molar-refractivity contribution in [1.82, 2.24) is 16.0 Å². The first kappa shape index (κ1) is 23.4. The van der Waals surface area contributed by atoms with Crippen molar-refractivity contribution < 1.29 is 14.3 Å². The van der Waals surface area contributed by atoms with Crippen molar-refractivity contribution in [3.63, 3.8) is 0 Å². The smallest absolute Gasteiger partial charge is 0.252 e. The standard InChI is InChI=1S/C18H29N3O3.ClH/c1-13(2)16(18(23)20-10-9-19-11-12-24-4)21-17(22)15-8-6-5-7-14(15)3;/h5-8,13,16,19H,9-12H2,1-4H3,(H,20,23)(H,21,22);1H. The molecule has 1 aromatic carbocycles. The zero-order valence-corrected chi connectivity index (χ0v) is 16.2. The predicted molar refractivity (Wildman–Crippen MR) is 102 cm³/mol. The third kappa shape index (κ3) is 8.34. The van der Waals surface area contributed by atoms with Gasteiger partial charge in [-0.3, -0.25) is 9.59 Å². The Morgan fingerprint density at radius 2 is 1.80 bits per heavy atom. The van der Waals surface area contributed by atoms with Gasteiger partial charge in [0, 0.05) is 32.3 Å². The van der Waals surface area contributed by atoms with Crippen molar-refractivity contribution in [2.45, 2.75) is 26.8 Å². The minimum atomic E-state index is -0.559. The molecule has 1 rings (SSSR count). The first-order valence-electron chi connectivity index (χ1n) is 8.31. The SMILES string of the molecule is COCCNCCNC(=O)C(NC(=O)c1ccccc1C)C(C)C.Cl. The molecule has 0 aliphatic rings. The van der Waals surface area contributed by atoms with Gasteiger partial charge in [-0.2, -0.15) is 0 Å². The van der Waals surface area contributed by atoms with E-state index in [1.54, 1.807) is 13.2 Å². The number of aryl methyl sites for hydroxylation is 1. The van der Waals surface area contributed by atoms with Crippen molar-refractivity contribution in [2.75, 3.05) is 33.4 Å². The maximum atomic E-state index is 12.4. The van der Waals surface area contributed by atoms with Crippen LogP contribution in [0, 0.1) is 12.8 Å². The summed E-state index contributed by atoms with van der Waals surface area (Å²) in [5, 5.41) is 8.86. The molecule has 0 radical (unpaired) electrons. The highest BCUT2D eigenvalue weighted by molar-refractivity contribution is 5.98. The Kier molecular flexibility index (Phi) is 11.9. The van der Waals surface area contributed by atoms with E-state index in [0.717, 1.165) is 12.1 Å². The number of methoxy groups -OCH3 is 1. The number of nitrogens with one attached hydrogen (secondary N) is 3. The van der Waals surface area contributed by atoms with E-state index in [9.17, 15) is 9.59 Å². The van der Waals surface area contributed by atoms with Crippen molar-refractivity contribution in [2.24, 2.45) is 5.92 Å². The molecule has 0 fully saturated rings.